The van der Waals surface area contributed by atoms with Crippen molar-refractivity contribution < 1.29 is 26.4 Å². The first-order valence-electron chi connectivity index (χ1n) is 22.4. The van der Waals surface area contributed by atoms with Gasteiger partial charge in [0.05, 0.1) is 5.69 Å². The zero-order chi connectivity index (χ0) is 46.6. The molecule has 9 nitrogen and oxygen atoms in total. The molecule has 0 atom stereocenters. The summed E-state index contributed by atoms with van der Waals surface area (Å²) in [6.07, 6.45) is 3.28. The van der Waals surface area contributed by atoms with E-state index in [0.717, 1.165) is 85.6 Å². The van der Waals surface area contributed by atoms with E-state index < -0.39 is 26.1 Å². The zero-order valence-corrected chi connectivity index (χ0v) is 41.0. The van der Waals surface area contributed by atoms with Crippen molar-refractivity contribution in [2.45, 2.75) is 67.2 Å². The van der Waals surface area contributed by atoms with Gasteiger partial charge < -0.3 is 20.0 Å². The molecule has 2 aliphatic heterocycles. The van der Waals surface area contributed by atoms with Crippen LogP contribution in [-0.2, 0) is 9.84 Å². The van der Waals surface area contributed by atoms with E-state index >= 15 is 0 Å². The van der Waals surface area contributed by atoms with Crippen LogP contribution in [-0.4, -0.2) is 119 Å². The second-order valence-electron chi connectivity index (χ2n) is 17.3. The van der Waals surface area contributed by atoms with Gasteiger partial charge in [-0.2, -0.15) is 13.2 Å². The first-order chi connectivity index (χ1) is 31.0. The van der Waals surface area contributed by atoms with E-state index in [1.54, 1.807) is 12.1 Å². The van der Waals surface area contributed by atoms with Crippen LogP contribution in [0, 0.1) is 5.41 Å². The Morgan fingerprint density at radius 1 is 0.785 bits per heavy atom. The summed E-state index contributed by atoms with van der Waals surface area (Å²) < 4.78 is 68.7. The predicted molar refractivity (Wildman–Crippen MR) is 264 cm³/mol. The van der Waals surface area contributed by atoms with Crippen molar-refractivity contribution >= 4 is 68.0 Å². The van der Waals surface area contributed by atoms with Crippen LogP contribution in [0.4, 0.5) is 24.5 Å². The minimum atomic E-state index is -5.67. The Morgan fingerprint density at radius 2 is 1.40 bits per heavy atom. The highest BCUT2D eigenvalue weighted by Crippen LogP contribution is 2.43. The van der Waals surface area contributed by atoms with Crippen LogP contribution < -0.4 is 14.9 Å². The maximum Gasteiger partial charge on any atom is 0.501 e. The van der Waals surface area contributed by atoms with E-state index in [2.05, 4.69) is 69.5 Å². The number of carbonyl (C=O) groups is 1. The number of nitrogens with one attached hydrogen (secondary N) is 2. The van der Waals surface area contributed by atoms with Crippen LogP contribution in [0.25, 0.3) is 5.57 Å². The molecule has 7 rings (SSSR count). The van der Waals surface area contributed by atoms with Crippen molar-refractivity contribution in [3.8, 4) is 0 Å². The second-order valence-corrected chi connectivity index (χ2v) is 21.7. The lowest BCUT2D eigenvalue weighted by Crippen LogP contribution is -2.47. The number of anilines is 2. The monoisotopic (exact) mass is 970 g/mol. The minimum Gasteiger partial charge on any atom is -0.383 e. The molecule has 0 aromatic heterocycles. The fourth-order valence-corrected chi connectivity index (χ4v) is 10.9. The van der Waals surface area contributed by atoms with E-state index in [1.807, 2.05) is 54.6 Å². The molecule has 1 amide bonds. The van der Waals surface area contributed by atoms with Gasteiger partial charge in [-0.25, -0.2) is 8.42 Å². The van der Waals surface area contributed by atoms with Crippen molar-refractivity contribution in [1.82, 2.24) is 19.4 Å². The summed E-state index contributed by atoms with van der Waals surface area (Å²) in [5.74, 6) is 0.0441. The number of alkyl halides is 3. The number of likely N-dealkylation sites (N-methyl/N-ethyl adjacent to an activating group) is 2. The summed E-state index contributed by atoms with van der Waals surface area (Å²) in [4.78, 5) is 23.1. The van der Waals surface area contributed by atoms with Crippen LogP contribution in [0.3, 0.4) is 0 Å². The smallest absolute Gasteiger partial charge is 0.383 e. The Bertz CT molecular complexity index is 2290. The number of allylic oxidation sites excluding steroid dienone is 1. The fraction of sp³-hybridized carbons (Fsp3) is 0.449. The molecule has 3 aliphatic rings. The van der Waals surface area contributed by atoms with Crippen molar-refractivity contribution in [2.75, 3.05) is 94.5 Å². The summed E-state index contributed by atoms with van der Waals surface area (Å²) in [5, 5.41) is 3.58. The summed E-state index contributed by atoms with van der Waals surface area (Å²) in [6, 6.07) is 28.6. The first kappa shape index (κ1) is 50.7. The standard InChI is InChI=1S/C41H44ClF3N4O3S3.C8H18N2/c1-40(2)19-18-36(29-8-12-32(42)13-9-29)31(27-40)28-48-21-23-49(24-22-48)33-14-10-30(11-15-33)39(50)47-54-35-16-17-37(38(26-35)55(51,52)41(43,44)45)46-20-25-53-34-6-4-3-5-7-34;1-3-9-5-7-10(4-2)8-6-9/h3-17,26,46H,18-25,27-28H2,1-2H3,(H,47,50);3-8H2,1-2H3. The Hall–Kier alpha value is -3.70. The lowest BCUT2D eigenvalue weighted by molar-refractivity contribution is -0.0435. The third kappa shape index (κ3) is 14.4. The number of halogens is 4. The number of thioether (sulfide) groups is 1. The van der Waals surface area contributed by atoms with E-state index in [1.165, 1.54) is 79.9 Å². The lowest BCUT2D eigenvalue weighted by atomic mass is 9.73. The Morgan fingerprint density at radius 3 is 2.00 bits per heavy atom. The van der Waals surface area contributed by atoms with Crippen LogP contribution in [0.15, 0.2) is 117 Å². The molecule has 65 heavy (non-hydrogen) atoms. The zero-order valence-electron chi connectivity index (χ0n) is 37.8. The number of sulfone groups is 1. The molecule has 2 fully saturated rings. The number of carbonyl (C=O) groups excluding carboxylic acids is 1. The molecular formula is C49H62ClF3N6O3S3. The second kappa shape index (κ2) is 23.3. The normalized spacial score (nSPS) is 17.6. The third-order valence-electron chi connectivity index (χ3n) is 12.2. The van der Waals surface area contributed by atoms with E-state index in [9.17, 15) is 26.4 Å². The molecule has 2 heterocycles. The summed E-state index contributed by atoms with van der Waals surface area (Å²) in [5.41, 5.74) is 0.177. The fourth-order valence-electron chi connectivity index (χ4n) is 8.34. The number of amides is 1. The Kier molecular flexibility index (Phi) is 18.2. The third-order valence-corrected chi connectivity index (χ3v) is 15.8. The Balaban J connectivity index is 0.000000618. The molecule has 16 heteroatoms. The average molecular weight is 972 g/mol. The molecule has 2 saturated heterocycles. The molecule has 0 radical (unpaired) electrons. The minimum absolute atomic E-state index is 0.141. The quantitative estimate of drug-likeness (QED) is 0.0682. The molecule has 0 saturated carbocycles. The number of nitrogens with zero attached hydrogens (tertiary/aromatic N) is 4. The van der Waals surface area contributed by atoms with Gasteiger partial charge in [0.25, 0.3) is 15.7 Å². The largest absolute Gasteiger partial charge is 0.501 e. The molecule has 2 N–H and O–H groups in total. The number of hydrogen-bond donors (Lipinski definition) is 2. The van der Waals surface area contributed by atoms with Gasteiger partial charge in [-0.15, -0.1) is 11.8 Å². The van der Waals surface area contributed by atoms with Crippen LogP contribution in [0.1, 0.15) is 62.9 Å². The van der Waals surface area contributed by atoms with Gasteiger partial charge >= 0.3 is 5.51 Å². The highest BCUT2D eigenvalue weighted by Gasteiger charge is 2.48. The van der Waals surface area contributed by atoms with Gasteiger partial charge in [-0.3, -0.25) is 14.4 Å². The first-order valence-corrected chi connectivity index (χ1v) is 26.0. The number of piperazine rings is 2. The Labute approximate surface area is 397 Å². The average Bonchev–Trinajstić information content (AvgIpc) is 3.30. The van der Waals surface area contributed by atoms with Crippen LogP contribution in [0.5, 0.6) is 0 Å². The van der Waals surface area contributed by atoms with E-state index in [-0.39, 0.29) is 22.5 Å². The number of rotatable bonds is 15. The van der Waals surface area contributed by atoms with Crippen LogP contribution in [0.2, 0.25) is 5.02 Å². The van der Waals surface area contributed by atoms with Crippen LogP contribution >= 0.6 is 35.3 Å². The molecule has 0 bridgehead atoms. The van der Waals surface area contributed by atoms with E-state index in [4.69, 9.17) is 11.6 Å². The van der Waals surface area contributed by atoms with E-state index in [0.29, 0.717) is 11.3 Å². The molecule has 352 valence electrons. The molecule has 4 aromatic carbocycles. The molecule has 0 unspecified atom stereocenters. The number of hydrogen-bond acceptors (Lipinski definition) is 10. The summed E-state index contributed by atoms with van der Waals surface area (Å²) in [7, 11) is -5.67. The van der Waals surface area contributed by atoms with Gasteiger partial charge in [-0.1, -0.05) is 75.2 Å². The molecule has 4 aromatic rings. The summed E-state index contributed by atoms with van der Waals surface area (Å²) >= 11 is 8.42. The summed E-state index contributed by atoms with van der Waals surface area (Å²) in [6.45, 7) is 21.3. The topological polar surface area (TPSA) is 88.2 Å². The molecule has 1 aliphatic carbocycles. The van der Waals surface area contributed by atoms with Gasteiger partial charge in [-0.05, 0) is 128 Å². The maximum atomic E-state index is 13.7. The molecule has 0 spiro atoms. The van der Waals surface area contributed by atoms with Gasteiger partial charge in [0.1, 0.15) is 4.90 Å². The maximum absolute atomic E-state index is 13.7. The highest BCUT2D eigenvalue weighted by molar-refractivity contribution is 7.99. The van der Waals surface area contributed by atoms with Gasteiger partial charge in [0, 0.05) is 97.3 Å². The van der Waals surface area contributed by atoms with Crippen molar-refractivity contribution in [1.29, 1.82) is 0 Å². The van der Waals surface area contributed by atoms with Gasteiger partial charge in [0.15, 0.2) is 0 Å². The van der Waals surface area contributed by atoms with Gasteiger partial charge in [0.2, 0.25) is 0 Å². The highest BCUT2D eigenvalue weighted by atomic mass is 35.5. The SMILES string of the molecule is CC1(C)CCC(c2ccc(Cl)cc2)=C(CN2CCN(c3ccc(C(=O)NSc4ccc(NCCSc5ccccc5)c(S(=O)(=O)C(F)(F)F)c4)cc3)CC2)C1.CCN1CCN(CC)CC1. The molecular weight excluding hydrogens is 909 g/mol. The predicted octanol–water partition coefficient (Wildman–Crippen LogP) is 10.7. The van der Waals surface area contributed by atoms with Crippen molar-refractivity contribution in [3.05, 3.63) is 119 Å². The lowest BCUT2D eigenvalue weighted by Gasteiger charge is -2.39. The van der Waals surface area contributed by atoms with Crippen molar-refractivity contribution in [2.24, 2.45) is 5.41 Å². The van der Waals surface area contributed by atoms with Crippen molar-refractivity contribution in [3.63, 3.8) is 0 Å². The number of benzene rings is 4.